The molecule has 2 fully saturated rings. The zero-order valence-electron chi connectivity index (χ0n) is 9.53. The summed E-state index contributed by atoms with van der Waals surface area (Å²) in [6, 6.07) is 0. The third-order valence-corrected chi connectivity index (χ3v) is 7.56. The molecule has 14 heavy (non-hydrogen) atoms. The number of rotatable bonds is 0. The van der Waals surface area contributed by atoms with Crippen LogP contribution in [0.25, 0.3) is 0 Å². The molecule has 0 aromatic heterocycles. The van der Waals surface area contributed by atoms with Crippen LogP contribution < -0.4 is 0 Å². The first-order valence-corrected chi connectivity index (χ1v) is 7.16. The standard InChI is InChI=1S/C12H20Br2/c1-10(2,3)8-5-6-11(4)9(7-8)12(11,13)14/h8-9H,5-7H2,1-4H3. The zero-order valence-corrected chi connectivity index (χ0v) is 12.7. The van der Waals surface area contributed by atoms with Gasteiger partial charge in [-0.25, -0.2) is 0 Å². The molecule has 0 aromatic carbocycles. The predicted octanol–water partition coefficient (Wildman–Crippen LogP) is 4.95. The second-order valence-electron chi connectivity index (χ2n) is 6.43. The lowest BCUT2D eigenvalue weighted by Crippen LogP contribution is -2.25. The van der Waals surface area contributed by atoms with Gasteiger partial charge in [0.05, 0.1) is 3.23 Å². The highest BCUT2D eigenvalue weighted by atomic mass is 79.9. The average Bonchev–Trinajstić information content (AvgIpc) is 2.44. The molecule has 0 spiro atoms. The quantitative estimate of drug-likeness (QED) is 0.553. The summed E-state index contributed by atoms with van der Waals surface area (Å²) in [5, 5.41) is 0. The summed E-state index contributed by atoms with van der Waals surface area (Å²) in [5.74, 6) is 1.74. The first-order valence-electron chi connectivity index (χ1n) is 5.57. The Morgan fingerprint density at radius 2 is 1.79 bits per heavy atom. The molecule has 0 bridgehead atoms. The Bertz CT molecular complexity index is 252. The second kappa shape index (κ2) is 3.00. The van der Waals surface area contributed by atoms with E-state index in [-0.39, 0.29) is 3.23 Å². The van der Waals surface area contributed by atoms with Gasteiger partial charge in [0.2, 0.25) is 0 Å². The SMILES string of the molecule is CC(C)(C)C1CCC2(C)C(C1)C2(Br)Br. The molecule has 0 heterocycles. The molecular weight excluding hydrogens is 304 g/mol. The predicted molar refractivity (Wildman–Crippen MR) is 69.0 cm³/mol. The fourth-order valence-corrected chi connectivity index (χ4v) is 5.19. The van der Waals surface area contributed by atoms with Crippen molar-refractivity contribution >= 4 is 31.9 Å². The highest BCUT2D eigenvalue weighted by Gasteiger charge is 2.72. The van der Waals surface area contributed by atoms with Crippen molar-refractivity contribution in [2.45, 2.75) is 50.2 Å². The molecule has 0 N–H and O–H groups in total. The van der Waals surface area contributed by atoms with Crippen molar-refractivity contribution in [3.8, 4) is 0 Å². The summed E-state index contributed by atoms with van der Waals surface area (Å²) in [5.41, 5.74) is 1.01. The molecule has 0 aliphatic heterocycles. The molecule has 2 aliphatic carbocycles. The molecule has 3 unspecified atom stereocenters. The van der Waals surface area contributed by atoms with E-state index in [1.807, 2.05) is 0 Å². The van der Waals surface area contributed by atoms with Crippen LogP contribution in [0.4, 0.5) is 0 Å². The monoisotopic (exact) mass is 322 g/mol. The molecule has 0 saturated heterocycles. The maximum Gasteiger partial charge on any atom is 0.0896 e. The van der Waals surface area contributed by atoms with E-state index in [1.165, 1.54) is 19.3 Å². The lowest BCUT2D eigenvalue weighted by atomic mass is 9.70. The van der Waals surface area contributed by atoms with Gasteiger partial charge in [-0.3, -0.25) is 0 Å². The van der Waals surface area contributed by atoms with Crippen LogP contribution in [0.15, 0.2) is 0 Å². The van der Waals surface area contributed by atoms with E-state index >= 15 is 0 Å². The molecule has 0 nitrogen and oxygen atoms in total. The molecule has 2 aliphatic rings. The lowest BCUT2D eigenvalue weighted by Gasteiger charge is -2.35. The van der Waals surface area contributed by atoms with Crippen molar-refractivity contribution in [1.29, 1.82) is 0 Å². The third kappa shape index (κ3) is 1.43. The smallest absolute Gasteiger partial charge is 0.0718 e. The molecule has 0 amide bonds. The van der Waals surface area contributed by atoms with E-state index in [2.05, 4.69) is 59.6 Å². The van der Waals surface area contributed by atoms with Crippen LogP contribution in [0.2, 0.25) is 0 Å². The molecule has 0 aromatic rings. The van der Waals surface area contributed by atoms with Crippen LogP contribution in [0.1, 0.15) is 47.0 Å². The minimum Gasteiger partial charge on any atom is -0.0718 e. The van der Waals surface area contributed by atoms with Gasteiger partial charge in [0.15, 0.2) is 0 Å². The Balaban J connectivity index is 2.09. The molecule has 3 atom stereocenters. The van der Waals surface area contributed by atoms with Gasteiger partial charge < -0.3 is 0 Å². The molecule has 0 radical (unpaired) electrons. The van der Waals surface area contributed by atoms with Crippen molar-refractivity contribution in [2.75, 3.05) is 0 Å². The van der Waals surface area contributed by atoms with Crippen LogP contribution in [-0.2, 0) is 0 Å². The summed E-state index contributed by atoms with van der Waals surface area (Å²) >= 11 is 7.69. The average molecular weight is 324 g/mol. The molecule has 82 valence electrons. The number of hydrogen-bond donors (Lipinski definition) is 0. The van der Waals surface area contributed by atoms with Crippen LogP contribution in [0.5, 0.6) is 0 Å². The molecule has 2 rings (SSSR count). The minimum absolute atomic E-state index is 0.257. The van der Waals surface area contributed by atoms with Crippen LogP contribution in [-0.4, -0.2) is 3.23 Å². The Labute approximate surface area is 104 Å². The van der Waals surface area contributed by atoms with Gasteiger partial charge in [0, 0.05) is 0 Å². The molecule has 2 saturated carbocycles. The van der Waals surface area contributed by atoms with Crippen molar-refractivity contribution in [2.24, 2.45) is 22.7 Å². The Morgan fingerprint density at radius 1 is 1.21 bits per heavy atom. The fourth-order valence-electron chi connectivity index (χ4n) is 3.09. The summed E-state index contributed by atoms with van der Waals surface area (Å²) < 4.78 is 0.257. The summed E-state index contributed by atoms with van der Waals surface area (Å²) in [6.07, 6.45) is 4.15. The zero-order chi connectivity index (χ0) is 10.8. The van der Waals surface area contributed by atoms with E-state index in [9.17, 15) is 0 Å². The highest BCUT2D eigenvalue weighted by Crippen LogP contribution is 2.77. The molecular formula is C12H20Br2. The maximum atomic E-state index is 3.85. The largest absolute Gasteiger partial charge is 0.0896 e. The van der Waals surface area contributed by atoms with Crippen LogP contribution in [0, 0.1) is 22.7 Å². The summed E-state index contributed by atoms with van der Waals surface area (Å²) in [4.78, 5) is 0. The van der Waals surface area contributed by atoms with Gasteiger partial charge in [-0.2, -0.15) is 0 Å². The normalized spacial score (nSPS) is 45.9. The Kier molecular flexibility index (Phi) is 2.45. The van der Waals surface area contributed by atoms with Gasteiger partial charge in [-0.05, 0) is 41.9 Å². The minimum atomic E-state index is 0.257. The van der Waals surface area contributed by atoms with E-state index in [1.54, 1.807) is 0 Å². The van der Waals surface area contributed by atoms with Gasteiger partial charge in [-0.15, -0.1) is 0 Å². The van der Waals surface area contributed by atoms with Crippen LogP contribution >= 0.6 is 31.9 Å². The number of alkyl halides is 2. The Morgan fingerprint density at radius 3 is 2.21 bits per heavy atom. The Hall–Kier alpha value is 0.960. The second-order valence-corrected chi connectivity index (χ2v) is 10.00. The first kappa shape index (κ1) is 11.4. The fraction of sp³-hybridized carbons (Fsp3) is 1.00. The summed E-state index contributed by atoms with van der Waals surface area (Å²) in [6.45, 7) is 9.56. The van der Waals surface area contributed by atoms with Gasteiger partial charge in [0.25, 0.3) is 0 Å². The summed E-state index contributed by atoms with van der Waals surface area (Å²) in [7, 11) is 0. The topological polar surface area (TPSA) is 0 Å². The molecule has 2 heteroatoms. The number of fused-ring (bicyclic) bond motifs is 1. The van der Waals surface area contributed by atoms with Gasteiger partial charge in [0.1, 0.15) is 0 Å². The van der Waals surface area contributed by atoms with E-state index in [4.69, 9.17) is 0 Å². The lowest BCUT2D eigenvalue weighted by molar-refractivity contribution is 0.151. The number of halogens is 2. The first-order chi connectivity index (χ1) is 6.19. The van der Waals surface area contributed by atoms with Crippen LogP contribution in [0.3, 0.4) is 0 Å². The van der Waals surface area contributed by atoms with Crippen molar-refractivity contribution in [3.63, 3.8) is 0 Å². The highest BCUT2D eigenvalue weighted by molar-refractivity contribution is 9.25. The van der Waals surface area contributed by atoms with E-state index < -0.39 is 0 Å². The number of hydrogen-bond acceptors (Lipinski definition) is 0. The third-order valence-electron chi connectivity index (χ3n) is 4.64. The van der Waals surface area contributed by atoms with Crippen molar-refractivity contribution in [3.05, 3.63) is 0 Å². The van der Waals surface area contributed by atoms with Gasteiger partial charge in [-0.1, -0.05) is 59.6 Å². The van der Waals surface area contributed by atoms with E-state index in [0.29, 0.717) is 10.8 Å². The van der Waals surface area contributed by atoms with Crippen molar-refractivity contribution < 1.29 is 0 Å². The maximum absolute atomic E-state index is 3.85. The van der Waals surface area contributed by atoms with Gasteiger partial charge >= 0.3 is 0 Å². The van der Waals surface area contributed by atoms with E-state index in [0.717, 1.165) is 11.8 Å². The van der Waals surface area contributed by atoms with Crippen molar-refractivity contribution in [1.82, 2.24) is 0 Å².